The lowest BCUT2D eigenvalue weighted by Crippen LogP contribution is -2.30. The largest absolute Gasteiger partial charge is 0.371 e. The first kappa shape index (κ1) is 10.5. The molecule has 0 unspecified atom stereocenters. The normalized spacial score (nSPS) is 18.9. The predicted molar refractivity (Wildman–Crippen MR) is 65.1 cm³/mol. The highest BCUT2D eigenvalue weighted by Gasteiger charge is 2.15. The summed E-state index contributed by atoms with van der Waals surface area (Å²) in [6, 6.07) is 8.66. The van der Waals surface area contributed by atoms with Gasteiger partial charge in [0.25, 0.3) is 0 Å². The van der Waals surface area contributed by atoms with Crippen molar-refractivity contribution in [2.24, 2.45) is 5.73 Å². The third-order valence-electron chi connectivity index (χ3n) is 3.12. The monoisotopic (exact) mass is 204 g/mol. The second-order valence-corrected chi connectivity index (χ2v) is 4.40. The third kappa shape index (κ3) is 2.32. The lowest BCUT2D eigenvalue weighted by atomic mass is 10.0. The fourth-order valence-corrected chi connectivity index (χ4v) is 2.30. The molecule has 1 aliphatic rings. The molecular formula is C13H20N2. The molecule has 0 spiro atoms. The molecule has 1 atom stereocenters. The lowest BCUT2D eigenvalue weighted by Gasteiger charge is -2.31. The number of hydrogen-bond donors (Lipinski definition) is 1. The van der Waals surface area contributed by atoms with Gasteiger partial charge in [0.1, 0.15) is 0 Å². The minimum absolute atomic E-state index is 0.128. The van der Waals surface area contributed by atoms with Crippen LogP contribution in [0.5, 0.6) is 0 Å². The minimum atomic E-state index is 0.128. The van der Waals surface area contributed by atoms with Crippen LogP contribution in [0.4, 0.5) is 5.69 Å². The Morgan fingerprint density at radius 2 is 1.80 bits per heavy atom. The summed E-state index contributed by atoms with van der Waals surface area (Å²) in [7, 11) is 0. The Balaban J connectivity index is 2.25. The van der Waals surface area contributed by atoms with Crippen molar-refractivity contribution in [3.63, 3.8) is 0 Å². The Morgan fingerprint density at radius 1 is 1.13 bits per heavy atom. The molecule has 2 nitrogen and oxygen atoms in total. The number of rotatable bonds is 2. The maximum Gasteiger partial charge on any atom is 0.0414 e. The number of nitrogens with two attached hydrogens (primary N) is 1. The molecule has 1 aliphatic heterocycles. The van der Waals surface area contributed by atoms with Crippen molar-refractivity contribution in [1.29, 1.82) is 0 Å². The summed E-state index contributed by atoms with van der Waals surface area (Å²) in [6.45, 7) is 4.43. The summed E-state index contributed by atoms with van der Waals surface area (Å²) in [5, 5.41) is 0. The van der Waals surface area contributed by atoms with Gasteiger partial charge in [-0.2, -0.15) is 0 Å². The molecule has 0 saturated carbocycles. The van der Waals surface area contributed by atoms with E-state index in [0.717, 1.165) is 0 Å². The van der Waals surface area contributed by atoms with Crippen LogP contribution in [0, 0.1) is 0 Å². The van der Waals surface area contributed by atoms with Crippen LogP contribution < -0.4 is 10.6 Å². The molecule has 1 aromatic carbocycles. The number of benzene rings is 1. The molecular weight excluding hydrogens is 184 g/mol. The molecule has 2 N–H and O–H groups in total. The van der Waals surface area contributed by atoms with E-state index in [4.69, 9.17) is 5.73 Å². The third-order valence-corrected chi connectivity index (χ3v) is 3.12. The second kappa shape index (κ2) is 4.67. The molecule has 2 rings (SSSR count). The zero-order valence-corrected chi connectivity index (χ0v) is 9.45. The summed E-state index contributed by atoms with van der Waals surface area (Å²) in [5.74, 6) is 0. The predicted octanol–water partition coefficient (Wildman–Crippen LogP) is 2.70. The van der Waals surface area contributed by atoms with Crippen LogP contribution in [0.25, 0.3) is 0 Å². The molecule has 0 aliphatic carbocycles. The fraction of sp³-hybridized carbons (Fsp3) is 0.538. The molecule has 1 heterocycles. The summed E-state index contributed by atoms with van der Waals surface area (Å²) in [6.07, 6.45) is 4.00. The van der Waals surface area contributed by atoms with Crippen molar-refractivity contribution >= 4 is 5.69 Å². The van der Waals surface area contributed by atoms with Crippen molar-refractivity contribution < 1.29 is 0 Å². The average molecular weight is 204 g/mol. The van der Waals surface area contributed by atoms with E-state index in [2.05, 4.69) is 36.1 Å². The van der Waals surface area contributed by atoms with E-state index >= 15 is 0 Å². The van der Waals surface area contributed by atoms with Crippen molar-refractivity contribution in [3.8, 4) is 0 Å². The van der Waals surface area contributed by atoms with Gasteiger partial charge >= 0.3 is 0 Å². The first-order chi connectivity index (χ1) is 7.29. The zero-order chi connectivity index (χ0) is 10.7. The smallest absolute Gasteiger partial charge is 0.0414 e. The van der Waals surface area contributed by atoms with E-state index in [1.165, 1.54) is 43.6 Å². The fourth-order valence-electron chi connectivity index (χ4n) is 2.30. The van der Waals surface area contributed by atoms with Crippen LogP contribution in [0.2, 0.25) is 0 Å². The van der Waals surface area contributed by atoms with Gasteiger partial charge in [-0.05, 0) is 37.8 Å². The molecule has 15 heavy (non-hydrogen) atoms. The van der Waals surface area contributed by atoms with Gasteiger partial charge in [0.2, 0.25) is 0 Å². The molecule has 0 aromatic heterocycles. The SMILES string of the molecule is C[C@H](N)c1ccccc1N1CCCCC1. The van der Waals surface area contributed by atoms with Gasteiger partial charge in [-0.25, -0.2) is 0 Å². The average Bonchev–Trinajstić information content (AvgIpc) is 2.30. The van der Waals surface area contributed by atoms with Crippen LogP contribution in [-0.4, -0.2) is 13.1 Å². The highest BCUT2D eigenvalue weighted by Crippen LogP contribution is 2.27. The van der Waals surface area contributed by atoms with E-state index in [-0.39, 0.29) is 6.04 Å². The van der Waals surface area contributed by atoms with Crippen molar-refractivity contribution in [1.82, 2.24) is 0 Å². The Kier molecular flexibility index (Phi) is 3.27. The topological polar surface area (TPSA) is 29.3 Å². The van der Waals surface area contributed by atoms with Gasteiger partial charge in [0.15, 0.2) is 0 Å². The molecule has 1 aromatic rings. The number of piperidine rings is 1. The van der Waals surface area contributed by atoms with E-state index < -0.39 is 0 Å². The molecule has 1 saturated heterocycles. The van der Waals surface area contributed by atoms with E-state index in [9.17, 15) is 0 Å². The molecule has 1 fully saturated rings. The number of hydrogen-bond acceptors (Lipinski definition) is 2. The van der Waals surface area contributed by atoms with Crippen LogP contribution in [0.3, 0.4) is 0 Å². The molecule has 0 bridgehead atoms. The van der Waals surface area contributed by atoms with Gasteiger partial charge in [-0.1, -0.05) is 18.2 Å². The first-order valence-corrected chi connectivity index (χ1v) is 5.88. The molecule has 0 amide bonds. The molecule has 2 heteroatoms. The zero-order valence-electron chi connectivity index (χ0n) is 9.45. The summed E-state index contributed by atoms with van der Waals surface area (Å²) in [5.41, 5.74) is 8.61. The Morgan fingerprint density at radius 3 is 2.47 bits per heavy atom. The highest BCUT2D eigenvalue weighted by atomic mass is 15.1. The van der Waals surface area contributed by atoms with E-state index in [0.29, 0.717) is 0 Å². The Hall–Kier alpha value is -1.02. The number of anilines is 1. The van der Waals surface area contributed by atoms with Crippen LogP contribution >= 0.6 is 0 Å². The van der Waals surface area contributed by atoms with Crippen molar-refractivity contribution in [3.05, 3.63) is 29.8 Å². The van der Waals surface area contributed by atoms with Gasteiger partial charge in [-0.15, -0.1) is 0 Å². The maximum atomic E-state index is 5.99. The standard InChI is InChI=1S/C13H20N2/c1-11(14)12-7-3-4-8-13(12)15-9-5-2-6-10-15/h3-4,7-8,11H,2,5-6,9-10,14H2,1H3/t11-/m0/s1. The first-order valence-electron chi connectivity index (χ1n) is 5.88. The van der Waals surface area contributed by atoms with Gasteiger partial charge < -0.3 is 10.6 Å². The summed E-state index contributed by atoms with van der Waals surface area (Å²) >= 11 is 0. The van der Waals surface area contributed by atoms with Gasteiger partial charge in [-0.3, -0.25) is 0 Å². The van der Waals surface area contributed by atoms with E-state index in [1.54, 1.807) is 0 Å². The summed E-state index contributed by atoms with van der Waals surface area (Å²) in [4.78, 5) is 2.47. The Labute approximate surface area is 92.1 Å². The van der Waals surface area contributed by atoms with Gasteiger partial charge in [0, 0.05) is 24.8 Å². The number of para-hydroxylation sites is 1. The highest BCUT2D eigenvalue weighted by molar-refractivity contribution is 5.55. The van der Waals surface area contributed by atoms with Gasteiger partial charge in [0.05, 0.1) is 0 Å². The Bertz CT molecular complexity index is 314. The maximum absolute atomic E-state index is 5.99. The number of nitrogens with zero attached hydrogens (tertiary/aromatic N) is 1. The van der Waals surface area contributed by atoms with Crippen molar-refractivity contribution in [2.75, 3.05) is 18.0 Å². The second-order valence-electron chi connectivity index (χ2n) is 4.40. The minimum Gasteiger partial charge on any atom is -0.371 e. The van der Waals surface area contributed by atoms with Crippen LogP contribution in [0.15, 0.2) is 24.3 Å². The van der Waals surface area contributed by atoms with E-state index in [1.807, 2.05) is 0 Å². The quantitative estimate of drug-likeness (QED) is 0.802. The summed E-state index contributed by atoms with van der Waals surface area (Å²) < 4.78 is 0. The van der Waals surface area contributed by atoms with Crippen molar-refractivity contribution in [2.45, 2.75) is 32.2 Å². The van der Waals surface area contributed by atoms with Crippen LogP contribution in [-0.2, 0) is 0 Å². The molecule has 0 radical (unpaired) electrons. The lowest BCUT2D eigenvalue weighted by molar-refractivity contribution is 0.575. The molecule has 82 valence electrons. The van der Waals surface area contributed by atoms with Crippen LogP contribution in [0.1, 0.15) is 37.8 Å².